The minimum absolute atomic E-state index is 0.447. The molecule has 118 valence electrons. The molecule has 0 saturated heterocycles. The molecule has 0 aliphatic rings. The standard InChI is InChI=1S/C17H23N3O2/c1-2-3-6-10-18-16(21)17(22)19-11-9-13-12-20-15-8-5-4-7-14(13)15/h4-5,7-8,12,20H,2-3,6,9-11H2,1H3,(H,18,21)(H,19,22). The highest BCUT2D eigenvalue weighted by atomic mass is 16.2. The van der Waals surface area contributed by atoms with Crippen LogP contribution in [0.5, 0.6) is 0 Å². The Balaban J connectivity index is 1.73. The van der Waals surface area contributed by atoms with E-state index in [0.29, 0.717) is 19.5 Å². The Kier molecular flexibility index (Phi) is 6.01. The van der Waals surface area contributed by atoms with E-state index >= 15 is 0 Å². The topological polar surface area (TPSA) is 74.0 Å². The van der Waals surface area contributed by atoms with Gasteiger partial charge in [-0.2, -0.15) is 0 Å². The lowest BCUT2D eigenvalue weighted by Crippen LogP contribution is -2.40. The van der Waals surface area contributed by atoms with Crippen molar-refractivity contribution in [2.75, 3.05) is 13.1 Å². The zero-order valence-electron chi connectivity index (χ0n) is 12.9. The van der Waals surface area contributed by atoms with Gasteiger partial charge in [0, 0.05) is 30.2 Å². The molecule has 5 nitrogen and oxygen atoms in total. The molecule has 1 heterocycles. The minimum Gasteiger partial charge on any atom is -0.361 e. The first-order chi connectivity index (χ1) is 10.7. The normalized spacial score (nSPS) is 10.6. The summed E-state index contributed by atoms with van der Waals surface area (Å²) in [7, 11) is 0. The van der Waals surface area contributed by atoms with Gasteiger partial charge >= 0.3 is 11.8 Å². The van der Waals surface area contributed by atoms with Crippen molar-refractivity contribution in [1.29, 1.82) is 0 Å². The van der Waals surface area contributed by atoms with Crippen LogP contribution in [0.4, 0.5) is 0 Å². The van der Waals surface area contributed by atoms with Crippen LogP contribution in [-0.4, -0.2) is 29.9 Å². The summed E-state index contributed by atoms with van der Waals surface area (Å²) in [5.74, 6) is -1.11. The van der Waals surface area contributed by atoms with Gasteiger partial charge in [-0.05, 0) is 24.5 Å². The lowest BCUT2D eigenvalue weighted by Gasteiger charge is -2.06. The van der Waals surface area contributed by atoms with Gasteiger partial charge in [-0.15, -0.1) is 0 Å². The maximum Gasteiger partial charge on any atom is 0.309 e. The second-order valence-corrected chi connectivity index (χ2v) is 5.33. The van der Waals surface area contributed by atoms with Gasteiger partial charge in [0.2, 0.25) is 0 Å². The van der Waals surface area contributed by atoms with Crippen LogP contribution in [0, 0.1) is 0 Å². The van der Waals surface area contributed by atoms with Gasteiger partial charge in [0.1, 0.15) is 0 Å². The van der Waals surface area contributed by atoms with E-state index in [-0.39, 0.29) is 0 Å². The molecule has 2 aromatic rings. The summed E-state index contributed by atoms with van der Waals surface area (Å²) in [5.41, 5.74) is 2.22. The molecule has 0 spiro atoms. The van der Waals surface area contributed by atoms with Crippen LogP contribution in [0.1, 0.15) is 31.7 Å². The van der Waals surface area contributed by atoms with Crippen LogP contribution >= 0.6 is 0 Å². The molecular formula is C17H23N3O2. The van der Waals surface area contributed by atoms with E-state index in [9.17, 15) is 9.59 Å². The number of nitrogens with one attached hydrogen (secondary N) is 3. The summed E-state index contributed by atoms with van der Waals surface area (Å²) >= 11 is 0. The molecule has 0 aliphatic heterocycles. The van der Waals surface area contributed by atoms with Crippen LogP contribution in [-0.2, 0) is 16.0 Å². The summed E-state index contributed by atoms with van der Waals surface area (Å²) in [6.45, 7) is 3.10. The van der Waals surface area contributed by atoms with E-state index in [4.69, 9.17) is 0 Å². The Morgan fingerprint density at radius 3 is 2.55 bits per heavy atom. The van der Waals surface area contributed by atoms with Crippen molar-refractivity contribution in [3.8, 4) is 0 Å². The predicted molar refractivity (Wildman–Crippen MR) is 87.5 cm³/mol. The maximum absolute atomic E-state index is 11.7. The molecule has 2 rings (SSSR count). The van der Waals surface area contributed by atoms with Gasteiger partial charge < -0.3 is 15.6 Å². The fourth-order valence-corrected chi connectivity index (χ4v) is 2.39. The molecule has 0 aliphatic carbocycles. The van der Waals surface area contributed by atoms with Crippen LogP contribution in [0.3, 0.4) is 0 Å². The number of fused-ring (bicyclic) bond motifs is 1. The number of aromatic amines is 1. The number of amides is 2. The third-order valence-corrected chi connectivity index (χ3v) is 3.63. The van der Waals surface area contributed by atoms with E-state index in [1.807, 2.05) is 30.5 Å². The number of hydrogen-bond donors (Lipinski definition) is 3. The van der Waals surface area contributed by atoms with E-state index in [1.165, 1.54) is 0 Å². The molecule has 5 heteroatoms. The Morgan fingerprint density at radius 1 is 1.05 bits per heavy atom. The molecule has 0 saturated carbocycles. The van der Waals surface area contributed by atoms with E-state index in [2.05, 4.69) is 22.5 Å². The number of rotatable bonds is 7. The van der Waals surface area contributed by atoms with Crippen LogP contribution in [0.25, 0.3) is 10.9 Å². The first-order valence-electron chi connectivity index (χ1n) is 7.83. The summed E-state index contributed by atoms with van der Waals surface area (Å²) in [6.07, 6.45) is 5.69. The molecule has 0 unspecified atom stereocenters. The summed E-state index contributed by atoms with van der Waals surface area (Å²) < 4.78 is 0. The number of benzene rings is 1. The van der Waals surface area contributed by atoms with Gasteiger partial charge in [-0.25, -0.2) is 0 Å². The SMILES string of the molecule is CCCCCNC(=O)C(=O)NCCc1c[nH]c2ccccc12. The van der Waals surface area contributed by atoms with Gasteiger partial charge in [0.25, 0.3) is 0 Å². The summed E-state index contributed by atoms with van der Waals surface area (Å²) in [6, 6.07) is 8.03. The van der Waals surface area contributed by atoms with Crippen molar-refractivity contribution in [1.82, 2.24) is 15.6 Å². The molecule has 0 bridgehead atoms. The van der Waals surface area contributed by atoms with Gasteiger partial charge in [-0.1, -0.05) is 38.0 Å². The number of H-pyrrole nitrogens is 1. The zero-order valence-corrected chi connectivity index (χ0v) is 12.9. The molecular weight excluding hydrogens is 278 g/mol. The first kappa shape index (κ1) is 16.1. The average Bonchev–Trinajstić information content (AvgIpc) is 2.94. The first-order valence-corrected chi connectivity index (χ1v) is 7.83. The van der Waals surface area contributed by atoms with Crippen molar-refractivity contribution in [3.05, 3.63) is 36.0 Å². The van der Waals surface area contributed by atoms with E-state index < -0.39 is 11.8 Å². The van der Waals surface area contributed by atoms with Crippen molar-refractivity contribution in [2.45, 2.75) is 32.6 Å². The molecule has 1 aromatic carbocycles. The Hall–Kier alpha value is -2.30. The van der Waals surface area contributed by atoms with E-state index in [1.54, 1.807) is 0 Å². The number of hydrogen-bond acceptors (Lipinski definition) is 2. The van der Waals surface area contributed by atoms with Crippen molar-refractivity contribution >= 4 is 22.7 Å². The van der Waals surface area contributed by atoms with Crippen LogP contribution in [0.2, 0.25) is 0 Å². The Bertz CT molecular complexity index is 634. The third kappa shape index (κ3) is 4.35. The molecule has 2 amide bonds. The number of carbonyl (C=O) groups excluding carboxylic acids is 2. The fraction of sp³-hybridized carbons (Fsp3) is 0.412. The number of unbranched alkanes of at least 4 members (excludes halogenated alkanes) is 2. The van der Waals surface area contributed by atoms with Crippen LogP contribution in [0.15, 0.2) is 30.5 Å². The van der Waals surface area contributed by atoms with Crippen molar-refractivity contribution in [3.63, 3.8) is 0 Å². The largest absolute Gasteiger partial charge is 0.361 e. The number of carbonyl (C=O) groups is 2. The van der Waals surface area contributed by atoms with Crippen molar-refractivity contribution in [2.24, 2.45) is 0 Å². The molecule has 0 fully saturated rings. The molecule has 0 radical (unpaired) electrons. The van der Waals surface area contributed by atoms with E-state index in [0.717, 1.165) is 35.7 Å². The fourth-order valence-electron chi connectivity index (χ4n) is 2.39. The highest BCUT2D eigenvalue weighted by molar-refractivity contribution is 6.35. The second kappa shape index (κ2) is 8.22. The monoisotopic (exact) mass is 301 g/mol. The highest BCUT2D eigenvalue weighted by Crippen LogP contribution is 2.17. The van der Waals surface area contributed by atoms with Crippen LogP contribution < -0.4 is 10.6 Å². The zero-order chi connectivity index (χ0) is 15.8. The van der Waals surface area contributed by atoms with Gasteiger partial charge in [-0.3, -0.25) is 9.59 Å². The average molecular weight is 301 g/mol. The maximum atomic E-state index is 11.7. The van der Waals surface area contributed by atoms with Gasteiger partial charge in [0.05, 0.1) is 0 Å². The number of para-hydroxylation sites is 1. The summed E-state index contributed by atoms with van der Waals surface area (Å²) in [4.78, 5) is 26.4. The summed E-state index contributed by atoms with van der Waals surface area (Å²) in [5, 5.41) is 6.45. The Morgan fingerprint density at radius 2 is 1.77 bits per heavy atom. The molecule has 3 N–H and O–H groups in total. The minimum atomic E-state index is -0.559. The highest BCUT2D eigenvalue weighted by Gasteiger charge is 2.12. The number of aromatic nitrogens is 1. The van der Waals surface area contributed by atoms with Crippen molar-refractivity contribution < 1.29 is 9.59 Å². The lowest BCUT2D eigenvalue weighted by atomic mass is 10.1. The Labute approximate surface area is 130 Å². The third-order valence-electron chi connectivity index (χ3n) is 3.63. The molecule has 22 heavy (non-hydrogen) atoms. The smallest absolute Gasteiger partial charge is 0.309 e. The lowest BCUT2D eigenvalue weighted by molar-refractivity contribution is -0.139. The van der Waals surface area contributed by atoms with Gasteiger partial charge in [0.15, 0.2) is 0 Å². The molecule has 0 atom stereocenters. The second-order valence-electron chi connectivity index (χ2n) is 5.33. The predicted octanol–water partition coefficient (Wildman–Crippen LogP) is 2.13. The quantitative estimate of drug-likeness (QED) is 0.541. The molecule has 1 aromatic heterocycles.